The summed E-state index contributed by atoms with van der Waals surface area (Å²) >= 11 is 0. The van der Waals surface area contributed by atoms with Gasteiger partial charge in [0.1, 0.15) is 5.56 Å². The molecule has 0 atom stereocenters. The second-order valence-electron chi connectivity index (χ2n) is 4.17. The Morgan fingerprint density at radius 1 is 1.52 bits per heavy atom. The number of benzene rings is 1. The van der Waals surface area contributed by atoms with Gasteiger partial charge in [-0.2, -0.15) is 5.10 Å². The Balaban J connectivity index is 2.11. The van der Waals surface area contributed by atoms with Crippen LogP contribution < -0.4 is 11.1 Å². The molecule has 2 aromatic rings. The third-order valence-electron chi connectivity index (χ3n) is 2.74. The van der Waals surface area contributed by atoms with Crippen molar-refractivity contribution in [3.8, 4) is 0 Å². The minimum absolute atomic E-state index is 0.217. The van der Waals surface area contributed by atoms with Crippen LogP contribution in [0.4, 0.5) is 15.8 Å². The summed E-state index contributed by atoms with van der Waals surface area (Å²) in [4.78, 5) is 22.0. The van der Waals surface area contributed by atoms with Crippen molar-refractivity contribution in [3.63, 3.8) is 0 Å². The maximum absolute atomic E-state index is 13.2. The lowest BCUT2D eigenvalue weighted by Crippen LogP contribution is -2.28. The van der Waals surface area contributed by atoms with Crippen molar-refractivity contribution >= 4 is 17.3 Å². The van der Waals surface area contributed by atoms with Gasteiger partial charge >= 0.3 is 0 Å². The highest BCUT2D eigenvalue weighted by Crippen LogP contribution is 2.24. The molecule has 1 aromatic heterocycles. The molecule has 0 radical (unpaired) electrons. The first-order valence-electron chi connectivity index (χ1n) is 5.98. The molecule has 0 aliphatic rings. The summed E-state index contributed by atoms with van der Waals surface area (Å²) in [6.07, 6.45) is 3.30. The number of hydrogen-bond donors (Lipinski definition) is 2. The van der Waals surface area contributed by atoms with Crippen LogP contribution in [0, 0.1) is 15.9 Å². The molecule has 0 aliphatic heterocycles. The number of nitrogens with one attached hydrogen (secondary N) is 1. The lowest BCUT2D eigenvalue weighted by atomic mass is 10.1. The van der Waals surface area contributed by atoms with Gasteiger partial charge in [-0.25, -0.2) is 4.39 Å². The van der Waals surface area contributed by atoms with Crippen LogP contribution in [0.2, 0.25) is 0 Å². The van der Waals surface area contributed by atoms with E-state index in [1.165, 1.54) is 0 Å². The van der Waals surface area contributed by atoms with Gasteiger partial charge in [0.25, 0.3) is 11.6 Å². The van der Waals surface area contributed by atoms with Crippen LogP contribution >= 0.6 is 0 Å². The molecule has 0 saturated carbocycles. The highest BCUT2D eigenvalue weighted by molar-refractivity contribution is 5.99. The van der Waals surface area contributed by atoms with Crippen LogP contribution in [0.1, 0.15) is 10.4 Å². The van der Waals surface area contributed by atoms with Crippen LogP contribution in [-0.2, 0) is 6.54 Å². The minimum atomic E-state index is -0.935. The van der Waals surface area contributed by atoms with Crippen molar-refractivity contribution < 1.29 is 14.1 Å². The van der Waals surface area contributed by atoms with Gasteiger partial charge in [0.2, 0.25) is 0 Å². The van der Waals surface area contributed by atoms with Crippen LogP contribution in [0.25, 0.3) is 0 Å². The summed E-state index contributed by atoms with van der Waals surface area (Å²) in [7, 11) is 0. The van der Waals surface area contributed by atoms with E-state index in [4.69, 9.17) is 5.73 Å². The number of nitrogens with two attached hydrogens (primary N) is 1. The average molecular weight is 293 g/mol. The molecular formula is C12H12FN5O3. The zero-order chi connectivity index (χ0) is 15.4. The maximum atomic E-state index is 13.2. The normalized spacial score (nSPS) is 10.3. The number of rotatable bonds is 5. The van der Waals surface area contributed by atoms with E-state index in [-0.39, 0.29) is 17.8 Å². The van der Waals surface area contributed by atoms with Crippen LogP contribution in [0.5, 0.6) is 0 Å². The zero-order valence-corrected chi connectivity index (χ0v) is 10.8. The lowest BCUT2D eigenvalue weighted by molar-refractivity contribution is -0.385. The van der Waals surface area contributed by atoms with Crippen molar-refractivity contribution in [2.75, 3.05) is 12.3 Å². The first kappa shape index (κ1) is 14.4. The Bertz CT molecular complexity index is 672. The number of carbonyl (C=O) groups excluding carboxylic acids is 1. The Hall–Kier alpha value is -2.97. The van der Waals surface area contributed by atoms with Gasteiger partial charge in [0.05, 0.1) is 23.2 Å². The van der Waals surface area contributed by atoms with Gasteiger partial charge in [0, 0.05) is 18.9 Å². The van der Waals surface area contributed by atoms with Gasteiger partial charge in [-0.15, -0.1) is 0 Å². The lowest BCUT2D eigenvalue weighted by Gasteiger charge is -2.07. The number of nitrogen functional groups attached to an aromatic ring is 1. The summed E-state index contributed by atoms with van der Waals surface area (Å²) in [6.45, 7) is 0.623. The first-order chi connectivity index (χ1) is 9.99. The SMILES string of the molecule is Nc1cc(C(=O)NCCn2cccn2)c([N+](=O)[O-])cc1F. The van der Waals surface area contributed by atoms with E-state index in [1.807, 2.05) is 0 Å². The number of amides is 1. The third-order valence-corrected chi connectivity index (χ3v) is 2.74. The highest BCUT2D eigenvalue weighted by Gasteiger charge is 2.22. The van der Waals surface area contributed by atoms with Crippen molar-refractivity contribution in [3.05, 3.63) is 52.1 Å². The van der Waals surface area contributed by atoms with Gasteiger partial charge in [0.15, 0.2) is 5.82 Å². The molecule has 9 heteroatoms. The predicted molar refractivity (Wildman–Crippen MR) is 72.0 cm³/mol. The Morgan fingerprint density at radius 2 is 2.29 bits per heavy atom. The molecule has 0 aliphatic carbocycles. The van der Waals surface area contributed by atoms with Crippen molar-refractivity contribution in [2.24, 2.45) is 0 Å². The molecule has 2 rings (SSSR count). The largest absolute Gasteiger partial charge is 0.396 e. The smallest absolute Gasteiger partial charge is 0.285 e. The molecule has 0 spiro atoms. The number of nitrogens with zero attached hydrogens (tertiary/aromatic N) is 3. The third kappa shape index (κ3) is 3.32. The fourth-order valence-electron chi connectivity index (χ4n) is 1.72. The predicted octanol–water partition coefficient (Wildman–Crippen LogP) is 0.943. The number of halogens is 1. The fourth-order valence-corrected chi connectivity index (χ4v) is 1.72. The van der Waals surface area contributed by atoms with Gasteiger partial charge in [-0.05, 0) is 12.1 Å². The van der Waals surface area contributed by atoms with E-state index in [0.717, 1.165) is 6.07 Å². The minimum Gasteiger partial charge on any atom is -0.396 e. The molecule has 1 amide bonds. The van der Waals surface area contributed by atoms with E-state index in [2.05, 4.69) is 10.4 Å². The summed E-state index contributed by atoms with van der Waals surface area (Å²) < 4.78 is 14.8. The molecule has 0 bridgehead atoms. The van der Waals surface area contributed by atoms with Crippen molar-refractivity contribution in [1.82, 2.24) is 15.1 Å². The fraction of sp³-hybridized carbons (Fsp3) is 0.167. The van der Waals surface area contributed by atoms with Gasteiger partial charge < -0.3 is 11.1 Å². The van der Waals surface area contributed by atoms with Gasteiger partial charge in [-0.3, -0.25) is 19.6 Å². The first-order valence-corrected chi connectivity index (χ1v) is 5.98. The Labute approximate surface area is 118 Å². The molecule has 0 unspecified atom stereocenters. The molecule has 0 saturated heterocycles. The number of anilines is 1. The molecular weight excluding hydrogens is 281 g/mol. The number of nitro benzene ring substituents is 1. The highest BCUT2D eigenvalue weighted by atomic mass is 19.1. The monoisotopic (exact) mass is 293 g/mol. The van der Waals surface area contributed by atoms with Crippen LogP contribution in [0.15, 0.2) is 30.6 Å². The topological polar surface area (TPSA) is 116 Å². The molecule has 1 aromatic carbocycles. The Morgan fingerprint density at radius 3 is 2.90 bits per heavy atom. The maximum Gasteiger partial charge on any atom is 0.285 e. The second-order valence-corrected chi connectivity index (χ2v) is 4.17. The number of hydrogen-bond acceptors (Lipinski definition) is 5. The van der Waals surface area contributed by atoms with E-state index < -0.39 is 22.3 Å². The number of aromatic nitrogens is 2. The quantitative estimate of drug-likeness (QED) is 0.483. The summed E-state index contributed by atoms with van der Waals surface area (Å²) in [5.74, 6) is -1.63. The Kier molecular flexibility index (Phi) is 4.12. The van der Waals surface area contributed by atoms with Crippen LogP contribution in [0.3, 0.4) is 0 Å². The van der Waals surface area contributed by atoms with Crippen molar-refractivity contribution in [1.29, 1.82) is 0 Å². The number of nitro groups is 1. The van der Waals surface area contributed by atoms with E-state index in [9.17, 15) is 19.3 Å². The second kappa shape index (κ2) is 5.99. The van der Waals surface area contributed by atoms with Crippen molar-refractivity contribution in [2.45, 2.75) is 6.54 Å². The summed E-state index contributed by atoms with van der Waals surface area (Å²) in [5.41, 5.74) is 4.12. The van der Waals surface area contributed by atoms with E-state index >= 15 is 0 Å². The van der Waals surface area contributed by atoms with Gasteiger partial charge in [-0.1, -0.05) is 0 Å². The molecule has 1 heterocycles. The van der Waals surface area contributed by atoms with E-state index in [0.29, 0.717) is 12.6 Å². The van der Waals surface area contributed by atoms with Crippen LogP contribution in [-0.4, -0.2) is 27.2 Å². The molecule has 21 heavy (non-hydrogen) atoms. The molecule has 110 valence electrons. The molecule has 3 N–H and O–H groups in total. The molecule has 0 fully saturated rings. The summed E-state index contributed by atoms with van der Waals surface area (Å²) in [5, 5.41) is 17.3. The zero-order valence-electron chi connectivity index (χ0n) is 10.8. The standard InChI is InChI=1S/C12H12FN5O3/c13-9-7-11(18(20)21)8(6-10(9)14)12(19)15-3-5-17-4-1-2-16-17/h1-2,4,6-7H,3,5,14H2,(H,15,19). The molecule has 8 nitrogen and oxygen atoms in total. The average Bonchev–Trinajstić information content (AvgIpc) is 2.94. The summed E-state index contributed by atoms with van der Waals surface area (Å²) in [6, 6.07) is 3.32. The van der Waals surface area contributed by atoms with E-state index in [1.54, 1.807) is 23.1 Å². The number of carbonyl (C=O) groups is 1.